The molecule has 0 unspecified atom stereocenters. The van der Waals surface area contributed by atoms with Crippen molar-refractivity contribution in [1.29, 1.82) is 0 Å². The molecule has 0 radical (unpaired) electrons. The van der Waals surface area contributed by atoms with Gasteiger partial charge in [-0.3, -0.25) is 10.1 Å². The van der Waals surface area contributed by atoms with Crippen LogP contribution < -0.4 is 5.32 Å². The molecule has 0 aliphatic carbocycles. The van der Waals surface area contributed by atoms with E-state index in [1.807, 2.05) is 6.92 Å². The molecule has 2 rings (SSSR count). The molecule has 20 heavy (non-hydrogen) atoms. The lowest BCUT2D eigenvalue weighted by Crippen LogP contribution is -2.13. The molecule has 2 aromatic rings. The minimum Gasteiger partial charge on any atom is -0.387 e. The van der Waals surface area contributed by atoms with E-state index in [0.29, 0.717) is 11.4 Å². The van der Waals surface area contributed by atoms with Gasteiger partial charge in [0.2, 0.25) is 0 Å². The van der Waals surface area contributed by atoms with Crippen molar-refractivity contribution in [3.05, 3.63) is 58.0 Å². The van der Waals surface area contributed by atoms with Gasteiger partial charge in [0.05, 0.1) is 11.0 Å². The van der Waals surface area contributed by atoms with Gasteiger partial charge in [0.15, 0.2) is 0 Å². The van der Waals surface area contributed by atoms with Crippen LogP contribution in [0.15, 0.2) is 36.7 Å². The quantitative estimate of drug-likeness (QED) is 0.637. The number of rotatable bonds is 5. The number of anilines is 1. The largest absolute Gasteiger partial charge is 0.387 e. The summed E-state index contributed by atoms with van der Waals surface area (Å²) in [5.41, 5.74) is 1.43. The number of nitrogens with zero attached hydrogens (tertiary/aromatic N) is 3. The summed E-state index contributed by atoms with van der Waals surface area (Å²) in [5.74, 6) is 0.624. The SMILES string of the molecule is Cc1cc(NC[C@H](O)c2ccc([N+](=O)[O-])cc2)ncn1. The van der Waals surface area contributed by atoms with Crippen LogP contribution in [0.4, 0.5) is 11.5 Å². The maximum absolute atomic E-state index is 10.5. The molecule has 0 spiro atoms. The zero-order valence-electron chi connectivity index (χ0n) is 10.9. The van der Waals surface area contributed by atoms with Gasteiger partial charge < -0.3 is 10.4 Å². The zero-order valence-corrected chi connectivity index (χ0v) is 10.9. The molecule has 1 aromatic carbocycles. The molecule has 7 nitrogen and oxygen atoms in total. The fraction of sp³-hybridized carbons (Fsp3) is 0.231. The number of hydrogen-bond donors (Lipinski definition) is 2. The number of nitrogens with one attached hydrogen (secondary N) is 1. The average Bonchev–Trinajstić information content (AvgIpc) is 2.45. The van der Waals surface area contributed by atoms with Crippen molar-refractivity contribution >= 4 is 11.5 Å². The summed E-state index contributed by atoms with van der Waals surface area (Å²) >= 11 is 0. The third-order valence-electron chi connectivity index (χ3n) is 2.77. The third kappa shape index (κ3) is 3.48. The Balaban J connectivity index is 1.97. The van der Waals surface area contributed by atoms with E-state index in [2.05, 4.69) is 15.3 Å². The fourth-order valence-corrected chi connectivity index (χ4v) is 1.69. The van der Waals surface area contributed by atoms with E-state index in [1.165, 1.54) is 30.6 Å². The number of nitro benzene ring substituents is 1. The highest BCUT2D eigenvalue weighted by Crippen LogP contribution is 2.18. The molecule has 1 atom stereocenters. The third-order valence-corrected chi connectivity index (χ3v) is 2.77. The molecule has 0 saturated heterocycles. The smallest absolute Gasteiger partial charge is 0.269 e. The van der Waals surface area contributed by atoms with Gasteiger partial charge >= 0.3 is 0 Å². The second kappa shape index (κ2) is 6.07. The molecule has 0 fully saturated rings. The van der Waals surface area contributed by atoms with Crippen molar-refractivity contribution in [3.8, 4) is 0 Å². The Morgan fingerprint density at radius 1 is 1.35 bits per heavy atom. The van der Waals surface area contributed by atoms with E-state index in [9.17, 15) is 15.2 Å². The molecular weight excluding hydrogens is 260 g/mol. The minimum absolute atomic E-state index is 0.000310. The van der Waals surface area contributed by atoms with E-state index in [-0.39, 0.29) is 12.2 Å². The van der Waals surface area contributed by atoms with Crippen LogP contribution in [0, 0.1) is 17.0 Å². The van der Waals surface area contributed by atoms with Crippen molar-refractivity contribution < 1.29 is 10.0 Å². The van der Waals surface area contributed by atoms with Gasteiger partial charge in [-0.2, -0.15) is 0 Å². The molecular formula is C13H14N4O3. The predicted octanol–water partition coefficient (Wildman–Crippen LogP) is 1.84. The van der Waals surface area contributed by atoms with Crippen LogP contribution in [-0.2, 0) is 0 Å². The molecule has 2 N–H and O–H groups in total. The number of hydrogen-bond acceptors (Lipinski definition) is 6. The van der Waals surface area contributed by atoms with Crippen LogP contribution in [0.5, 0.6) is 0 Å². The molecule has 104 valence electrons. The Labute approximate surface area is 115 Å². The molecule has 0 aliphatic rings. The molecule has 0 aliphatic heterocycles. The Hall–Kier alpha value is -2.54. The number of aliphatic hydroxyl groups excluding tert-OH is 1. The van der Waals surface area contributed by atoms with Crippen molar-refractivity contribution in [2.24, 2.45) is 0 Å². The van der Waals surface area contributed by atoms with E-state index in [1.54, 1.807) is 6.07 Å². The van der Waals surface area contributed by atoms with Crippen LogP contribution in [0.1, 0.15) is 17.4 Å². The van der Waals surface area contributed by atoms with Crippen LogP contribution >= 0.6 is 0 Å². The van der Waals surface area contributed by atoms with E-state index in [4.69, 9.17) is 0 Å². The molecule has 0 bridgehead atoms. The molecule has 0 saturated carbocycles. The topological polar surface area (TPSA) is 101 Å². The van der Waals surface area contributed by atoms with Crippen molar-refractivity contribution in [3.63, 3.8) is 0 Å². The van der Waals surface area contributed by atoms with Crippen molar-refractivity contribution in [1.82, 2.24) is 9.97 Å². The maximum atomic E-state index is 10.5. The Morgan fingerprint density at radius 2 is 2.05 bits per heavy atom. The Bertz CT molecular complexity index is 601. The number of benzene rings is 1. The van der Waals surface area contributed by atoms with Gasteiger partial charge in [0, 0.05) is 30.4 Å². The summed E-state index contributed by atoms with van der Waals surface area (Å²) in [6.07, 6.45) is 0.668. The first-order chi connectivity index (χ1) is 9.56. The first kappa shape index (κ1) is 13.9. The Kier molecular flexibility index (Phi) is 4.21. The highest BCUT2D eigenvalue weighted by Gasteiger charge is 2.10. The number of aryl methyl sites for hydroxylation is 1. The Morgan fingerprint density at radius 3 is 2.65 bits per heavy atom. The average molecular weight is 274 g/mol. The number of aliphatic hydroxyl groups is 1. The second-order valence-electron chi connectivity index (χ2n) is 4.29. The molecule has 1 heterocycles. The molecule has 7 heteroatoms. The van der Waals surface area contributed by atoms with Gasteiger partial charge in [-0.05, 0) is 24.6 Å². The number of non-ortho nitro benzene ring substituents is 1. The van der Waals surface area contributed by atoms with Gasteiger partial charge in [-0.25, -0.2) is 9.97 Å². The van der Waals surface area contributed by atoms with E-state index < -0.39 is 11.0 Å². The van der Waals surface area contributed by atoms with Crippen molar-refractivity contribution in [2.75, 3.05) is 11.9 Å². The fourth-order valence-electron chi connectivity index (χ4n) is 1.69. The lowest BCUT2D eigenvalue weighted by molar-refractivity contribution is -0.384. The van der Waals surface area contributed by atoms with Gasteiger partial charge in [0.25, 0.3) is 5.69 Å². The summed E-state index contributed by atoms with van der Waals surface area (Å²) in [6.45, 7) is 2.11. The van der Waals surface area contributed by atoms with Gasteiger partial charge in [-0.1, -0.05) is 0 Å². The van der Waals surface area contributed by atoms with E-state index >= 15 is 0 Å². The van der Waals surface area contributed by atoms with Crippen LogP contribution in [0.3, 0.4) is 0 Å². The zero-order chi connectivity index (χ0) is 14.5. The highest BCUT2D eigenvalue weighted by atomic mass is 16.6. The standard InChI is InChI=1S/C13H14N4O3/c1-9-6-13(16-8-15-9)14-7-12(18)10-2-4-11(5-3-10)17(19)20/h2-6,8,12,18H,7H2,1H3,(H,14,15,16)/t12-/m0/s1. The van der Waals surface area contributed by atoms with E-state index in [0.717, 1.165) is 5.69 Å². The van der Waals surface area contributed by atoms with Crippen molar-refractivity contribution in [2.45, 2.75) is 13.0 Å². The summed E-state index contributed by atoms with van der Waals surface area (Å²) in [4.78, 5) is 18.1. The second-order valence-corrected chi connectivity index (χ2v) is 4.29. The lowest BCUT2D eigenvalue weighted by atomic mass is 10.1. The first-order valence-corrected chi connectivity index (χ1v) is 6.01. The van der Waals surface area contributed by atoms with Gasteiger partial charge in [-0.15, -0.1) is 0 Å². The molecule has 1 aromatic heterocycles. The number of aromatic nitrogens is 2. The summed E-state index contributed by atoms with van der Waals surface area (Å²) in [5, 5.41) is 23.5. The predicted molar refractivity (Wildman–Crippen MR) is 73.3 cm³/mol. The summed E-state index contributed by atoms with van der Waals surface area (Å²) < 4.78 is 0. The maximum Gasteiger partial charge on any atom is 0.269 e. The summed E-state index contributed by atoms with van der Waals surface area (Å²) in [6, 6.07) is 7.58. The minimum atomic E-state index is -0.772. The van der Waals surface area contributed by atoms with Gasteiger partial charge in [0.1, 0.15) is 12.1 Å². The van der Waals surface area contributed by atoms with Crippen LogP contribution in [0.2, 0.25) is 0 Å². The summed E-state index contributed by atoms with van der Waals surface area (Å²) in [7, 11) is 0. The van der Waals surface area contributed by atoms with Crippen LogP contribution in [-0.4, -0.2) is 26.5 Å². The monoisotopic (exact) mass is 274 g/mol. The highest BCUT2D eigenvalue weighted by molar-refractivity contribution is 5.37. The first-order valence-electron chi connectivity index (χ1n) is 6.01. The number of nitro groups is 1. The van der Waals surface area contributed by atoms with Crippen LogP contribution in [0.25, 0.3) is 0 Å². The molecule has 0 amide bonds. The normalized spacial score (nSPS) is 11.9. The lowest BCUT2D eigenvalue weighted by Gasteiger charge is -2.12.